The van der Waals surface area contributed by atoms with E-state index < -0.39 is 17.7 Å². The molecule has 0 atom stereocenters. The van der Waals surface area contributed by atoms with Crippen molar-refractivity contribution in [2.45, 2.75) is 26.2 Å². The van der Waals surface area contributed by atoms with Crippen molar-refractivity contribution in [3.63, 3.8) is 0 Å². The van der Waals surface area contributed by atoms with Crippen LogP contribution in [-0.2, 0) is 28.8 Å². The van der Waals surface area contributed by atoms with Crippen molar-refractivity contribution < 1.29 is 22.7 Å². The van der Waals surface area contributed by atoms with Crippen LogP contribution in [-0.4, -0.2) is 34.0 Å². The van der Waals surface area contributed by atoms with Crippen LogP contribution in [0.25, 0.3) is 10.9 Å². The number of aromatic nitrogens is 2. The van der Waals surface area contributed by atoms with Crippen molar-refractivity contribution in [2.75, 3.05) is 13.2 Å². The molecule has 1 N–H and O–H groups in total. The van der Waals surface area contributed by atoms with Gasteiger partial charge in [-0.25, -0.2) is 4.98 Å². The Hall–Kier alpha value is -3.20. The second-order valence-electron chi connectivity index (χ2n) is 6.67. The first-order chi connectivity index (χ1) is 14.3. The number of fused-ring (bicyclic) bond motifs is 1. The lowest BCUT2D eigenvalue weighted by molar-refractivity contribution is -0.144. The topological polar surface area (TPSA) is 75.3 Å². The van der Waals surface area contributed by atoms with Gasteiger partial charge in [0.1, 0.15) is 5.82 Å². The molecule has 30 heavy (non-hydrogen) atoms. The van der Waals surface area contributed by atoms with E-state index in [9.17, 15) is 22.8 Å². The molecule has 0 unspecified atom stereocenters. The number of alkyl halides is 3. The van der Waals surface area contributed by atoms with Gasteiger partial charge in [0.15, 0.2) is 0 Å². The highest BCUT2D eigenvalue weighted by molar-refractivity contribution is 5.77. The van der Waals surface area contributed by atoms with E-state index in [2.05, 4.69) is 9.97 Å². The number of aromatic amines is 1. The summed E-state index contributed by atoms with van der Waals surface area (Å²) in [6, 6.07) is 11.6. The molecule has 158 valence electrons. The summed E-state index contributed by atoms with van der Waals surface area (Å²) in [5.74, 6) is -0.137. The Kier molecular flexibility index (Phi) is 6.51. The van der Waals surface area contributed by atoms with Crippen molar-refractivity contribution in [1.82, 2.24) is 14.9 Å². The average molecular weight is 419 g/mol. The maximum atomic E-state index is 12.8. The molecule has 0 amide bonds. The minimum Gasteiger partial charge on any atom is -0.465 e. The van der Waals surface area contributed by atoms with E-state index in [1.807, 2.05) is 0 Å². The van der Waals surface area contributed by atoms with Gasteiger partial charge in [-0.1, -0.05) is 24.3 Å². The molecule has 0 aliphatic rings. The third-order valence-corrected chi connectivity index (χ3v) is 4.38. The van der Waals surface area contributed by atoms with Gasteiger partial charge in [-0.2, -0.15) is 13.2 Å². The van der Waals surface area contributed by atoms with Crippen molar-refractivity contribution in [1.29, 1.82) is 0 Å². The summed E-state index contributed by atoms with van der Waals surface area (Å²) in [5.41, 5.74) is 0.0437. The predicted molar refractivity (Wildman–Crippen MR) is 105 cm³/mol. The third-order valence-electron chi connectivity index (χ3n) is 4.38. The van der Waals surface area contributed by atoms with E-state index in [1.165, 1.54) is 12.1 Å². The number of H-pyrrole nitrogens is 1. The summed E-state index contributed by atoms with van der Waals surface area (Å²) < 4.78 is 43.3. The molecule has 0 aliphatic carbocycles. The zero-order valence-electron chi connectivity index (χ0n) is 16.2. The van der Waals surface area contributed by atoms with Crippen molar-refractivity contribution >= 4 is 16.9 Å². The highest BCUT2D eigenvalue weighted by atomic mass is 19.4. The maximum Gasteiger partial charge on any atom is 0.416 e. The Morgan fingerprint density at radius 3 is 2.47 bits per heavy atom. The molecule has 0 aliphatic heterocycles. The number of ether oxygens (including phenoxy) is 1. The Bertz CT molecular complexity index is 1080. The minimum atomic E-state index is -4.42. The second kappa shape index (κ2) is 9.08. The van der Waals surface area contributed by atoms with E-state index in [1.54, 1.807) is 36.1 Å². The fourth-order valence-corrected chi connectivity index (χ4v) is 3.04. The van der Waals surface area contributed by atoms with Gasteiger partial charge in [0.2, 0.25) is 0 Å². The highest BCUT2D eigenvalue weighted by Crippen LogP contribution is 2.29. The smallest absolute Gasteiger partial charge is 0.416 e. The molecule has 3 aromatic rings. The average Bonchev–Trinajstić information content (AvgIpc) is 2.68. The molecule has 9 heteroatoms. The quantitative estimate of drug-likeness (QED) is 0.594. The third kappa shape index (κ3) is 5.44. The number of para-hydroxylation sites is 1. The van der Waals surface area contributed by atoms with Gasteiger partial charge < -0.3 is 9.72 Å². The van der Waals surface area contributed by atoms with Crippen LogP contribution in [0.1, 0.15) is 23.9 Å². The standard InChI is InChI=1S/C21H20F3N3O3/c1-2-30-19(28)13-27(11-14-7-9-15(10-8-14)21(22,23)24)12-18-25-17-6-4-3-5-16(17)20(29)26-18/h3-10H,2,11-13H2,1H3,(H,25,26,29). The van der Waals surface area contributed by atoms with Gasteiger partial charge >= 0.3 is 12.1 Å². The largest absolute Gasteiger partial charge is 0.465 e. The van der Waals surface area contributed by atoms with Crippen LogP contribution in [0.15, 0.2) is 53.3 Å². The minimum absolute atomic E-state index is 0.106. The van der Waals surface area contributed by atoms with Gasteiger partial charge in [-0.3, -0.25) is 14.5 Å². The summed E-state index contributed by atoms with van der Waals surface area (Å²) in [6.07, 6.45) is -4.42. The number of nitrogens with zero attached hydrogens (tertiary/aromatic N) is 2. The monoisotopic (exact) mass is 419 g/mol. The number of benzene rings is 2. The molecule has 0 fully saturated rings. The molecule has 1 heterocycles. The van der Waals surface area contributed by atoms with Crippen molar-refractivity contribution in [3.8, 4) is 0 Å². The van der Waals surface area contributed by atoms with Crippen LogP contribution in [0.3, 0.4) is 0 Å². The first kappa shape index (κ1) is 21.5. The Morgan fingerprint density at radius 2 is 1.80 bits per heavy atom. The van der Waals surface area contributed by atoms with Crippen LogP contribution in [0.5, 0.6) is 0 Å². The van der Waals surface area contributed by atoms with Crippen LogP contribution in [0, 0.1) is 0 Å². The van der Waals surface area contributed by atoms with Gasteiger partial charge in [0.05, 0.1) is 36.2 Å². The number of hydrogen-bond acceptors (Lipinski definition) is 5. The molecule has 2 aromatic carbocycles. The van der Waals surface area contributed by atoms with Crippen LogP contribution in [0.2, 0.25) is 0 Å². The van der Waals surface area contributed by atoms with E-state index in [-0.39, 0.29) is 31.8 Å². The zero-order valence-corrected chi connectivity index (χ0v) is 16.2. The van der Waals surface area contributed by atoms with Crippen LogP contribution in [0.4, 0.5) is 13.2 Å². The molecular weight excluding hydrogens is 399 g/mol. The molecule has 0 saturated carbocycles. The summed E-state index contributed by atoms with van der Waals surface area (Å²) in [5, 5.41) is 0.445. The summed E-state index contributed by atoms with van der Waals surface area (Å²) >= 11 is 0. The molecule has 1 aromatic heterocycles. The lowest BCUT2D eigenvalue weighted by Gasteiger charge is -2.21. The lowest BCUT2D eigenvalue weighted by atomic mass is 10.1. The molecule has 0 saturated heterocycles. The molecule has 0 spiro atoms. The normalized spacial score (nSPS) is 11.8. The predicted octanol–water partition coefficient (Wildman–Crippen LogP) is 3.51. The molecule has 6 nitrogen and oxygen atoms in total. The number of carbonyl (C=O) groups is 1. The highest BCUT2D eigenvalue weighted by Gasteiger charge is 2.30. The summed E-state index contributed by atoms with van der Waals surface area (Å²) in [6.45, 7) is 2.07. The summed E-state index contributed by atoms with van der Waals surface area (Å²) in [7, 11) is 0. The molecule has 3 rings (SSSR count). The number of rotatable bonds is 7. The maximum absolute atomic E-state index is 12.8. The molecule has 0 radical (unpaired) electrons. The fraction of sp³-hybridized carbons (Fsp3) is 0.286. The van der Waals surface area contributed by atoms with Gasteiger partial charge in [-0.05, 0) is 36.8 Å². The fourth-order valence-electron chi connectivity index (χ4n) is 3.04. The first-order valence-electron chi connectivity index (χ1n) is 9.28. The van der Waals surface area contributed by atoms with Crippen LogP contribution >= 0.6 is 0 Å². The number of nitrogens with one attached hydrogen (secondary N) is 1. The van der Waals surface area contributed by atoms with E-state index in [4.69, 9.17) is 4.74 Å². The number of halogens is 3. The molecular formula is C21H20F3N3O3. The Morgan fingerprint density at radius 1 is 1.10 bits per heavy atom. The number of esters is 1. The second-order valence-corrected chi connectivity index (χ2v) is 6.67. The van der Waals surface area contributed by atoms with Crippen LogP contribution < -0.4 is 5.56 Å². The molecule has 0 bridgehead atoms. The Labute approximate surface area is 170 Å². The Balaban J connectivity index is 1.83. The van der Waals surface area contributed by atoms with E-state index >= 15 is 0 Å². The lowest BCUT2D eigenvalue weighted by Crippen LogP contribution is -2.31. The van der Waals surface area contributed by atoms with Gasteiger partial charge in [-0.15, -0.1) is 0 Å². The van der Waals surface area contributed by atoms with E-state index in [0.29, 0.717) is 22.3 Å². The number of carbonyl (C=O) groups excluding carboxylic acids is 1. The summed E-state index contributed by atoms with van der Waals surface area (Å²) in [4.78, 5) is 33.0. The van der Waals surface area contributed by atoms with E-state index in [0.717, 1.165) is 12.1 Å². The van der Waals surface area contributed by atoms with Crippen molar-refractivity contribution in [2.24, 2.45) is 0 Å². The zero-order chi connectivity index (χ0) is 21.7. The first-order valence-corrected chi connectivity index (χ1v) is 9.28. The number of hydrogen-bond donors (Lipinski definition) is 1. The van der Waals surface area contributed by atoms with Gasteiger partial charge in [0, 0.05) is 6.54 Å². The van der Waals surface area contributed by atoms with Gasteiger partial charge in [0.25, 0.3) is 5.56 Å². The van der Waals surface area contributed by atoms with Crippen molar-refractivity contribution in [3.05, 3.63) is 75.8 Å². The SMILES string of the molecule is CCOC(=O)CN(Cc1ccc(C(F)(F)F)cc1)Cc1nc2ccccc2c(=O)[nH]1.